The van der Waals surface area contributed by atoms with Crippen molar-refractivity contribution in [3.63, 3.8) is 0 Å². The van der Waals surface area contributed by atoms with E-state index in [0.717, 1.165) is 57.3 Å². The van der Waals surface area contributed by atoms with E-state index < -0.39 is 5.82 Å². The molecule has 4 saturated heterocycles. The van der Waals surface area contributed by atoms with Crippen molar-refractivity contribution in [1.29, 1.82) is 0 Å². The summed E-state index contributed by atoms with van der Waals surface area (Å²) in [5, 5.41) is 6.92. The monoisotopic (exact) mass is 606 g/mol. The fraction of sp³-hybridized carbons (Fsp3) is 0.469. The molecule has 1 amide bonds. The summed E-state index contributed by atoms with van der Waals surface area (Å²) in [7, 11) is 2.18. The second-order valence-corrected chi connectivity index (χ2v) is 12.6. The average Bonchev–Trinajstić information content (AvgIpc) is 3.46. The van der Waals surface area contributed by atoms with Gasteiger partial charge in [-0.25, -0.2) is 14.4 Å². The van der Waals surface area contributed by atoms with Crippen molar-refractivity contribution in [2.45, 2.75) is 31.4 Å². The number of nitrogens with zero attached hydrogens (tertiary/aromatic N) is 4. The Labute approximate surface area is 255 Å². The molecule has 4 unspecified atom stereocenters. The van der Waals surface area contributed by atoms with Crippen LogP contribution in [0.1, 0.15) is 19.3 Å². The van der Waals surface area contributed by atoms with Crippen LogP contribution >= 0.6 is 11.6 Å². The van der Waals surface area contributed by atoms with Crippen LogP contribution in [-0.2, 0) is 9.53 Å². The van der Waals surface area contributed by atoms with E-state index in [1.807, 2.05) is 18.2 Å². The van der Waals surface area contributed by atoms with E-state index in [0.29, 0.717) is 65.1 Å². The summed E-state index contributed by atoms with van der Waals surface area (Å²) < 4.78 is 25.8. The zero-order valence-electron chi connectivity index (χ0n) is 24.1. The highest BCUT2D eigenvalue weighted by molar-refractivity contribution is 6.31. The van der Waals surface area contributed by atoms with Crippen LogP contribution in [0.3, 0.4) is 0 Å². The van der Waals surface area contributed by atoms with Crippen LogP contribution in [0.5, 0.6) is 5.75 Å². The van der Waals surface area contributed by atoms with Gasteiger partial charge in [-0.15, -0.1) is 0 Å². The molecule has 1 saturated carbocycles. The van der Waals surface area contributed by atoms with Crippen LogP contribution in [0, 0.1) is 23.6 Å². The van der Waals surface area contributed by atoms with Gasteiger partial charge in [0, 0.05) is 55.4 Å². The zero-order valence-corrected chi connectivity index (χ0v) is 24.9. The van der Waals surface area contributed by atoms with Gasteiger partial charge in [-0.3, -0.25) is 9.69 Å². The Morgan fingerprint density at radius 2 is 2.05 bits per heavy atom. The minimum absolute atomic E-state index is 0.00939. The fourth-order valence-electron chi connectivity index (χ4n) is 7.03. The normalized spacial score (nSPS) is 26.6. The number of aromatic nitrogens is 2. The van der Waals surface area contributed by atoms with Gasteiger partial charge in [0.25, 0.3) is 0 Å². The number of halogens is 2. The molecule has 0 radical (unpaired) electrons. The van der Waals surface area contributed by atoms with Crippen LogP contribution in [0.25, 0.3) is 10.9 Å². The summed E-state index contributed by atoms with van der Waals surface area (Å²) in [6, 6.07) is 8.47. The number of anilines is 3. The van der Waals surface area contributed by atoms with E-state index in [2.05, 4.69) is 37.4 Å². The van der Waals surface area contributed by atoms with Crippen LogP contribution in [0.4, 0.5) is 21.6 Å². The molecule has 226 valence electrons. The molecule has 1 aliphatic carbocycles. The number of nitrogens with one attached hydrogen (secondary N) is 2. The van der Waals surface area contributed by atoms with Crippen LogP contribution in [0.15, 0.2) is 48.8 Å². The number of benzene rings is 2. The number of ether oxygens (including phenoxy) is 2. The molecule has 43 heavy (non-hydrogen) atoms. The zero-order chi connectivity index (χ0) is 29.5. The third kappa shape index (κ3) is 6.20. The van der Waals surface area contributed by atoms with E-state index in [-0.39, 0.29) is 10.9 Å². The van der Waals surface area contributed by atoms with Crippen molar-refractivity contribution in [3.05, 3.63) is 59.7 Å². The quantitative estimate of drug-likeness (QED) is 0.308. The average molecular weight is 607 g/mol. The molecular formula is C32H36ClFN6O3. The largest absolute Gasteiger partial charge is 0.491 e. The number of hydrogen-bond acceptors (Lipinski definition) is 8. The predicted molar refractivity (Wildman–Crippen MR) is 164 cm³/mol. The smallest absolute Gasteiger partial charge is 0.248 e. The van der Waals surface area contributed by atoms with Gasteiger partial charge in [0.15, 0.2) is 0 Å². The maximum atomic E-state index is 13.7. The second kappa shape index (κ2) is 12.0. The maximum Gasteiger partial charge on any atom is 0.248 e. The molecular weight excluding hydrogens is 571 g/mol. The standard InChI is InChI=1S/C32H36ClFN6O3/c1-39-15-24-22(25(24)16-39)8-10-42-30-13-28-23(32(36-18-35-28)37-19-4-7-27(34)26(33)11-19)12-29(30)38-31(41)3-2-9-40-14-21-6-5-20(40)17-43-21/h2-4,7,11-13,18,20-22,24-25H,5-6,8-10,14-17H2,1H3,(H,38,41)(H,35,36,37)/b3-2+. The lowest BCUT2D eigenvalue weighted by Crippen LogP contribution is -2.54. The first-order chi connectivity index (χ1) is 20.9. The van der Waals surface area contributed by atoms with Crippen LogP contribution in [0.2, 0.25) is 5.02 Å². The highest BCUT2D eigenvalue weighted by Crippen LogP contribution is 2.53. The van der Waals surface area contributed by atoms with Gasteiger partial charge in [0.05, 0.1) is 35.5 Å². The molecule has 4 atom stereocenters. The van der Waals surface area contributed by atoms with Crippen molar-refractivity contribution < 1.29 is 18.7 Å². The van der Waals surface area contributed by atoms with E-state index in [9.17, 15) is 9.18 Å². The molecule has 2 bridgehead atoms. The van der Waals surface area contributed by atoms with Gasteiger partial charge in [-0.2, -0.15) is 0 Å². The molecule has 1 aromatic heterocycles. The molecule has 5 fully saturated rings. The topological polar surface area (TPSA) is 91.8 Å². The summed E-state index contributed by atoms with van der Waals surface area (Å²) in [6.07, 6.45) is 8.50. The summed E-state index contributed by atoms with van der Waals surface area (Å²) >= 11 is 5.99. The molecule has 2 aromatic carbocycles. The molecule has 4 aliphatic heterocycles. The van der Waals surface area contributed by atoms with Gasteiger partial charge in [0.1, 0.15) is 23.7 Å². The Balaban J connectivity index is 1.09. The Hall–Kier alpha value is -3.31. The highest BCUT2D eigenvalue weighted by atomic mass is 35.5. The first-order valence-electron chi connectivity index (χ1n) is 15.1. The van der Waals surface area contributed by atoms with Gasteiger partial charge in [-0.05, 0) is 68.3 Å². The molecule has 2 N–H and O–H groups in total. The van der Waals surface area contributed by atoms with Crippen molar-refractivity contribution in [3.8, 4) is 5.75 Å². The third-order valence-corrected chi connectivity index (χ3v) is 9.64. The molecule has 5 heterocycles. The Bertz CT molecular complexity index is 1540. The van der Waals surface area contributed by atoms with Gasteiger partial charge in [0.2, 0.25) is 5.91 Å². The van der Waals surface area contributed by atoms with Crippen LogP contribution in [-0.4, -0.2) is 84.3 Å². The number of hydrogen-bond donors (Lipinski definition) is 2. The van der Waals surface area contributed by atoms with E-state index in [1.54, 1.807) is 12.1 Å². The van der Waals surface area contributed by atoms with Gasteiger partial charge >= 0.3 is 0 Å². The number of carbonyl (C=O) groups is 1. The summed E-state index contributed by atoms with van der Waals surface area (Å²) in [6.45, 7) is 5.28. The van der Waals surface area contributed by atoms with Crippen molar-refractivity contribution in [1.82, 2.24) is 19.8 Å². The van der Waals surface area contributed by atoms with Gasteiger partial charge in [-0.1, -0.05) is 17.7 Å². The predicted octanol–water partition coefficient (Wildman–Crippen LogP) is 5.10. The third-order valence-electron chi connectivity index (χ3n) is 9.35. The maximum absolute atomic E-state index is 13.7. The Morgan fingerprint density at radius 1 is 1.19 bits per heavy atom. The van der Waals surface area contributed by atoms with E-state index in [1.165, 1.54) is 18.5 Å². The number of likely N-dealkylation sites (tertiary alicyclic amines) is 1. The molecule has 3 aromatic rings. The second-order valence-electron chi connectivity index (χ2n) is 12.2. The van der Waals surface area contributed by atoms with Gasteiger partial charge < -0.3 is 25.0 Å². The number of carbonyl (C=O) groups excluding carboxylic acids is 1. The Kier molecular flexibility index (Phi) is 7.94. The lowest BCUT2D eigenvalue weighted by molar-refractivity contribution is -0.112. The van der Waals surface area contributed by atoms with Crippen LogP contribution < -0.4 is 15.4 Å². The molecule has 0 spiro atoms. The summed E-state index contributed by atoms with van der Waals surface area (Å²) in [5.41, 5.74) is 1.78. The lowest BCUT2D eigenvalue weighted by Gasteiger charge is -2.44. The molecule has 9 nitrogen and oxygen atoms in total. The first kappa shape index (κ1) is 28.5. The number of morpholine rings is 1. The van der Waals surface area contributed by atoms with Crippen molar-refractivity contribution in [2.24, 2.45) is 17.8 Å². The number of fused-ring (bicyclic) bond motifs is 5. The number of amides is 1. The van der Waals surface area contributed by atoms with Crippen molar-refractivity contribution >= 4 is 45.6 Å². The fourth-order valence-corrected chi connectivity index (χ4v) is 7.21. The molecule has 8 rings (SSSR count). The number of piperidine rings is 2. The van der Waals surface area contributed by atoms with E-state index in [4.69, 9.17) is 21.1 Å². The number of rotatable bonds is 10. The summed E-state index contributed by atoms with van der Waals surface area (Å²) in [5.74, 6) is 2.59. The van der Waals surface area contributed by atoms with Crippen molar-refractivity contribution in [2.75, 3.05) is 57.1 Å². The minimum atomic E-state index is -0.498. The highest BCUT2D eigenvalue weighted by Gasteiger charge is 2.53. The molecule has 11 heteroatoms. The first-order valence-corrected chi connectivity index (χ1v) is 15.4. The Morgan fingerprint density at radius 3 is 2.79 bits per heavy atom. The van der Waals surface area contributed by atoms with E-state index >= 15 is 0 Å². The summed E-state index contributed by atoms with van der Waals surface area (Å²) in [4.78, 5) is 26.8. The SMILES string of the molecule is CN1CC2C(CCOc3cc4ncnc(Nc5ccc(F)c(Cl)c5)c4cc3NC(=O)/C=C/CN3CC4CCC3CO4)C2C1. The lowest BCUT2D eigenvalue weighted by atomic mass is 9.97. The molecule has 5 aliphatic rings. The minimum Gasteiger partial charge on any atom is -0.491 e.